The van der Waals surface area contributed by atoms with Gasteiger partial charge >= 0.3 is 0 Å². The van der Waals surface area contributed by atoms with Crippen molar-refractivity contribution in [1.29, 1.82) is 0 Å². The van der Waals surface area contributed by atoms with Gasteiger partial charge in [0.25, 0.3) is 0 Å². The lowest BCUT2D eigenvalue weighted by molar-refractivity contribution is -0.136. The summed E-state index contributed by atoms with van der Waals surface area (Å²) >= 11 is 11.9. The maximum absolute atomic E-state index is 12.5. The molecule has 1 aliphatic rings. The van der Waals surface area contributed by atoms with Crippen LogP contribution in [0.5, 0.6) is 0 Å². The number of nitrogens with zero attached hydrogens (tertiary/aromatic N) is 1. The van der Waals surface area contributed by atoms with Crippen LogP contribution < -0.4 is 10.6 Å². The van der Waals surface area contributed by atoms with Crippen LogP contribution in [0, 0.1) is 0 Å². The van der Waals surface area contributed by atoms with E-state index in [1.807, 2.05) is 7.05 Å². The topological polar surface area (TPSA) is 61.4 Å². The Morgan fingerprint density at radius 3 is 2.61 bits per heavy atom. The van der Waals surface area contributed by atoms with Gasteiger partial charge < -0.3 is 15.5 Å². The third kappa shape index (κ3) is 5.09. The highest BCUT2D eigenvalue weighted by molar-refractivity contribution is 6.35. The second kappa shape index (κ2) is 8.52. The van der Waals surface area contributed by atoms with Crippen LogP contribution in [0.4, 0.5) is 5.69 Å². The summed E-state index contributed by atoms with van der Waals surface area (Å²) in [4.78, 5) is 26.4. The molecule has 1 saturated heterocycles. The van der Waals surface area contributed by atoms with Crippen molar-refractivity contribution < 1.29 is 9.59 Å². The summed E-state index contributed by atoms with van der Waals surface area (Å²) in [5, 5.41) is 6.73. The molecule has 0 saturated carbocycles. The number of hydrogen-bond donors (Lipinski definition) is 2. The first-order valence-corrected chi connectivity index (χ1v) is 8.48. The van der Waals surface area contributed by atoms with E-state index in [-0.39, 0.29) is 11.8 Å². The zero-order chi connectivity index (χ0) is 16.8. The number of anilines is 1. The number of carbonyl (C=O) groups is 2. The number of halogens is 2. The van der Waals surface area contributed by atoms with Crippen LogP contribution in [0.1, 0.15) is 25.7 Å². The van der Waals surface area contributed by atoms with Gasteiger partial charge in [0.05, 0.1) is 0 Å². The quantitative estimate of drug-likeness (QED) is 0.769. The molecule has 1 aromatic carbocycles. The van der Waals surface area contributed by atoms with Crippen molar-refractivity contribution >= 4 is 40.7 Å². The Morgan fingerprint density at radius 1 is 1.26 bits per heavy atom. The minimum Gasteiger partial charge on any atom is -0.331 e. The van der Waals surface area contributed by atoms with Crippen molar-refractivity contribution in [2.75, 3.05) is 25.5 Å². The van der Waals surface area contributed by atoms with Crippen LogP contribution in [0.15, 0.2) is 18.2 Å². The molecule has 0 radical (unpaired) electrons. The van der Waals surface area contributed by atoms with E-state index in [2.05, 4.69) is 10.6 Å². The van der Waals surface area contributed by atoms with E-state index in [1.165, 1.54) is 0 Å². The number of benzene rings is 1. The Labute approximate surface area is 146 Å². The molecule has 2 N–H and O–H groups in total. The fourth-order valence-corrected chi connectivity index (χ4v) is 3.28. The molecule has 1 aliphatic heterocycles. The Hall–Kier alpha value is -1.30. The monoisotopic (exact) mass is 357 g/mol. The molecule has 0 spiro atoms. The Kier molecular flexibility index (Phi) is 6.69. The molecule has 0 aliphatic carbocycles. The molecule has 5 nitrogen and oxygen atoms in total. The minimum absolute atomic E-state index is 0.0297. The maximum Gasteiger partial charge on any atom is 0.247 e. The maximum atomic E-state index is 12.5. The smallest absolute Gasteiger partial charge is 0.247 e. The molecule has 2 amide bonds. The number of hydrogen-bond acceptors (Lipinski definition) is 3. The summed E-state index contributed by atoms with van der Waals surface area (Å²) in [5.41, 5.74) is 0.544. The molecule has 2 rings (SSSR count). The van der Waals surface area contributed by atoms with E-state index in [0.717, 1.165) is 19.4 Å². The summed E-state index contributed by atoms with van der Waals surface area (Å²) in [6.45, 7) is 1.42. The predicted molar refractivity (Wildman–Crippen MR) is 93.0 cm³/mol. The molecule has 1 heterocycles. The first-order chi connectivity index (χ1) is 11.0. The molecule has 0 aromatic heterocycles. The predicted octanol–water partition coefficient (Wildman–Crippen LogP) is 2.92. The molecule has 1 unspecified atom stereocenters. The third-order valence-electron chi connectivity index (χ3n) is 3.82. The van der Waals surface area contributed by atoms with Crippen LogP contribution in [0.25, 0.3) is 0 Å². The van der Waals surface area contributed by atoms with E-state index in [9.17, 15) is 9.59 Å². The molecular weight excluding hydrogens is 337 g/mol. The number of carbonyl (C=O) groups excluding carboxylic acids is 2. The average Bonchev–Trinajstić information content (AvgIpc) is 2.95. The molecule has 1 aromatic rings. The number of nitrogens with one attached hydrogen (secondary N) is 2. The molecule has 126 valence electrons. The zero-order valence-electron chi connectivity index (χ0n) is 13.1. The second-order valence-electron chi connectivity index (χ2n) is 5.60. The third-order valence-corrected chi connectivity index (χ3v) is 4.26. The lowest BCUT2D eigenvalue weighted by Gasteiger charge is -2.24. The first kappa shape index (κ1) is 18.0. The van der Waals surface area contributed by atoms with Crippen molar-refractivity contribution in [3.63, 3.8) is 0 Å². The summed E-state index contributed by atoms with van der Waals surface area (Å²) in [6, 6.07) is 4.46. The minimum atomic E-state index is -0.421. The molecular formula is C16H21Cl2N3O2. The second-order valence-corrected chi connectivity index (χ2v) is 6.47. The van der Waals surface area contributed by atoms with Crippen molar-refractivity contribution in [1.82, 2.24) is 10.2 Å². The van der Waals surface area contributed by atoms with Gasteiger partial charge in [0.2, 0.25) is 11.8 Å². The highest BCUT2D eigenvalue weighted by Crippen LogP contribution is 2.24. The van der Waals surface area contributed by atoms with E-state index in [1.54, 1.807) is 23.1 Å². The van der Waals surface area contributed by atoms with Gasteiger partial charge in [0, 0.05) is 28.7 Å². The van der Waals surface area contributed by atoms with Gasteiger partial charge in [-0.25, -0.2) is 0 Å². The van der Waals surface area contributed by atoms with Crippen molar-refractivity contribution in [2.45, 2.75) is 31.7 Å². The van der Waals surface area contributed by atoms with Crippen molar-refractivity contribution in [3.05, 3.63) is 28.2 Å². The highest BCUT2D eigenvalue weighted by atomic mass is 35.5. The first-order valence-electron chi connectivity index (χ1n) is 7.72. The fourth-order valence-electron chi connectivity index (χ4n) is 2.75. The lowest BCUT2D eigenvalue weighted by atomic mass is 10.2. The molecule has 7 heteroatoms. The molecule has 23 heavy (non-hydrogen) atoms. The van der Waals surface area contributed by atoms with Crippen LogP contribution in [0.2, 0.25) is 10.0 Å². The van der Waals surface area contributed by atoms with Crippen LogP contribution in [0.3, 0.4) is 0 Å². The zero-order valence-corrected chi connectivity index (χ0v) is 14.6. The SMILES string of the molecule is CNCCCC(=O)N1CCCC1C(=O)Nc1cc(Cl)cc(Cl)c1. The average molecular weight is 358 g/mol. The van der Waals surface area contributed by atoms with Gasteiger partial charge in [-0.15, -0.1) is 0 Å². The van der Waals surface area contributed by atoms with Crippen LogP contribution in [-0.4, -0.2) is 42.9 Å². The van der Waals surface area contributed by atoms with Gasteiger partial charge in [-0.1, -0.05) is 23.2 Å². The number of amides is 2. The van der Waals surface area contributed by atoms with Gasteiger partial charge in [-0.2, -0.15) is 0 Å². The van der Waals surface area contributed by atoms with E-state index in [0.29, 0.717) is 35.1 Å². The number of rotatable bonds is 6. The molecule has 0 bridgehead atoms. The van der Waals surface area contributed by atoms with Gasteiger partial charge in [-0.05, 0) is 51.1 Å². The highest BCUT2D eigenvalue weighted by Gasteiger charge is 2.33. The molecule has 1 fully saturated rings. The Morgan fingerprint density at radius 2 is 1.96 bits per heavy atom. The van der Waals surface area contributed by atoms with Crippen molar-refractivity contribution in [2.24, 2.45) is 0 Å². The Bertz CT molecular complexity index is 560. The van der Waals surface area contributed by atoms with Gasteiger partial charge in [-0.3, -0.25) is 9.59 Å². The number of likely N-dealkylation sites (tertiary alicyclic amines) is 1. The largest absolute Gasteiger partial charge is 0.331 e. The standard InChI is InChI=1S/C16H21Cl2N3O2/c1-19-6-2-5-15(22)21-7-3-4-14(21)16(23)20-13-9-11(17)8-12(18)10-13/h8-10,14,19H,2-7H2,1H3,(H,20,23). The normalized spacial score (nSPS) is 17.3. The van der Waals surface area contributed by atoms with E-state index < -0.39 is 6.04 Å². The fraction of sp³-hybridized carbons (Fsp3) is 0.500. The van der Waals surface area contributed by atoms with Crippen LogP contribution >= 0.6 is 23.2 Å². The van der Waals surface area contributed by atoms with E-state index in [4.69, 9.17) is 23.2 Å². The van der Waals surface area contributed by atoms with Gasteiger partial charge in [0.15, 0.2) is 0 Å². The molecule has 1 atom stereocenters. The van der Waals surface area contributed by atoms with Crippen LogP contribution in [-0.2, 0) is 9.59 Å². The van der Waals surface area contributed by atoms with Crippen molar-refractivity contribution in [3.8, 4) is 0 Å². The summed E-state index contributed by atoms with van der Waals surface area (Å²) in [6.07, 6.45) is 2.74. The lowest BCUT2D eigenvalue weighted by Crippen LogP contribution is -2.43. The van der Waals surface area contributed by atoms with E-state index >= 15 is 0 Å². The Balaban J connectivity index is 1.98. The summed E-state index contributed by atoms with van der Waals surface area (Å²) in [7, 11) is 1.85. The summed E-state index contributed by atoms with van der Waals surface area (Å²) < 4.78 is 0. The van der Waals surface area contributed by atoms with Gasteiger partial charge in [0.1, 0.15) is 6.04 Å². The summed E-state index contributed by atoms with van der Waals surface area (Å²) in [5.74, 6) is -0.162.